The van der Waals surface area contributed by atoms with Crippen molar-refractivity contribution in [2.75, 3.05) is 0 Å². The molecule has 0 saturated carbocycles. The molecule has 124 valence electrons. The van der Waals surface area contributed by atoms with Crippen molar-refractivity contribution < 1.29 is 58.6 Å². The van der Waals surface area contributed by atoms with Gasteiger partial charge in [-0.1, -0.05) is 0 Å². The minimum Gasteiger partial charge on any atom is -0.550 e. The molecule has 9 heteroatoms. The zero-order valence-electron chi connectivity index (χ0n) is 13.5. The first-order valence-electron chi connectivity index (χ1n) is 7.08. The van der Waals surface area contributed by atoms with Crippen molar-refractivity contribution in [3.63, 3.8) is 0 Å². The first-order chi connectivity index (χ1) is 11.4. The van der Waals surface area contributed by atoms with Gasteiger partial charge in [-0.3, -0.25) is 14.4 Å². The molecule has 0 radical (unpaired) electrons. The number of rotatable bonds is 5. The van der Waals surface area contributed by atoms with Crippen LogP contribution in [0.2, 0.25) is 0 Å². The van der Waals surface area contributed by atoms with E-state index in [1.54, 1.807) is 24.4 Å². The molecule has 0 aromatic carbocycles. The van der Waals surface area contributed by atoms with Gasteiger partial charge in [-0.15, -0.1) is 22.7 Å². The Morgan fingerprint density at radius 3 is 2.52 bits per heavy atom. The maximum Gasteiger partial charge on any atom is 1.00 e. The maximum absolute atomic E-state index is 12.4. The molecule has 2 aromatic rings. The van der Waals surface area contributed by atoms with Crippen LogP contribution in [0, 0.1) is 0 Å². The van der Waals surface area contributed by atoms with E-state index >= 15 is 0 Å². The Balaban J connectivity index is 0.00000225. The second kappa shape index (κ2) is 7.92. The molecule has 0 saturated heterocycles. The molecule has 0 N–H and O–H groups in total. The normalized spacial score (nSPS) is 13.5. The molecule has 1 aliphatic rings. The molecule has 0 aliphatic heterocycles. The smallest absolute Gasteiger partial charge is 0.550 e. The van der Waals surface area contributed by atoms with E-state index in [0.717, 1.165) is 11.3 Å². The number of carbonyl (C=O) groups excluding carboxylic acids is 4. The number of ketones is 2. The summed E-state index contributed by atoms with van der Waals surface area (Å²) in [5.74, 6) is -2.40. The van der Waals surface area contributed by atoms with Crippen LogP contribution in [0.5, 0.6) is 0 Å². The van der Waals surface area contributed by atoms with Crippen molar-refractivity contribution in [2.24, 2.45) is 0 Å². The molecule has 0 amide bonds. The molecular formula is C16H11NaO6S2. The summed E-state index contributed by atoms with van der Waals surface area (Å²) in [5.41, 5.74) is 0.733. The Hall–Kier alpha value is -1.32. The van der Waals surface area contributed by atoms with Gasteiger partial charge in [0.15, 0.2) is 0 Å². The average molecular weight is 386 g/mol. The van der Waals surface area contributed by atoms with Gasteiger partial charge in [0, 0.05) is 22.0 Å². The molecule has 0 spiro atoms. The van der Waals surface area contributed by atoms with Crippen molar-refractivity contribution >= 4 is 46.2 Å². The predicted octanol–water partition coefficient (Wildman–Crippen LogP) is -1.28. The fourth-order valence-corrected chi connectivity index (χ4v) is 4.31. The third-order valence-corrected chi connectivity index (χ3v) is 5.77. The molecule has 1 unspecified atom stereocenters. The second-order valence-electron chi connectivity index (χ2n) is 5.22. The van der Waals surface area contributed by atoms with E-state index in [-0.39, 0.29) is 47.5 Å². The van der Waals surface area contributed by atoms with Crippen LogP contribution in [0.4, 0.5) is 0 Å². The van der Waals surface area contributed by atoms with Gasteiger partial charge in [-0.2, -0.15) is 0 Å². The van der Waals surface area contributed by atoms with Gasteiger partial charge in [0.2, 0.25) is 11.6 Å². The number of carboxylic acid groups (broad SMARTS) is 1. The molecule has 2 heterocycles. The fraction of sp³-hybridized carbons (Fsp3) is 0.250. The number of fused-ring (bicyclic) bond motifs is 2. The van der Waals surface area contributed by atoms with E-state index in [4.69, 9.17) is 4.74 Å². The minimum absolute atomic E-state index is 0. The van der Waals surface area contributed by atoms with Crippen molar-refractivity contribution in [3.05, 3.63) is 43.3 Å². The van der Waals surface area contributed by atoms with E-state index in [0.29, 0.717) is 25.8 Å². The van der Waals surface area contributed by atoms with Crippen LogP contribution < -0.4 is 34.7 Å². The van der Waals surface area contributed by atoms with E-state index < -0.39 is 24.5 Å². The van der Waals surface area contributed by atoms with Crippen molar-refractivity contribution in [3.8, 4) is 0 Å². The van der Waals surface area contributed by atoms with Gasteiger partial charge < -0.3 is 14.6 Å². The van der Waals surface area contributed by atoms with Crippen LogP contribution in [0.3, 0.4) is 0 Å². The van der Waals surface area contributed by atoms with E-state index in [1.807, 2.05) is 0 Å². The van der Waals surface area contributed by atoms with Crippen LogP contribution in [-0.4, -0.2) is 23.5 Å². The monoisotopic (exact) mass is 386 g/mol. The van der Waals surface area contributed by atoms with Gasteiger partial charge >= 0.3 is 35.5 Å². The zero-order chi connectivity index (χ0) is 17.4. The van der Waals surface area contributed by atoms with Crippen molar-refractivity contribution in [1.82, 2.24) is 0 Å². The van der Waals surface area contributed by atoms with Gasteiger partial charge in [-0.25, -0.2) is 0 Å². The third-order valence-electron chi connectivity index (χ3n) is 3.56. The Labute approximate surface area is 173 Å². The summed E-state index contributed by atoms with van der Waals surface area (Å²) in [4.78, 5) is 48.2. The number of carboxylic acids is 1. The summed E-state index contributed by atoms with van der Waals surface area (Å²) in [7, 11) is 0. The first kappa shape index (κ1) is 20.0. The Morgan fingerprint density at radius 2 is 1.84 bits per heavy atom. The van der Waals surface area contributed by atoms with Crippen LogP contribution >= 0.6 is 22.7 Å². The van der Waals surface area contributed by atoms with E-state index in [2.05, 4.69) is 0 Å². The number of hydrogen-bond acceptors (Lipinski definition) is 8. The van der Waals surface area contributed by atoms with Gasteiger partial charge in [0.1, 0.15) is 6.10 Å². The summed E-state index contributed by atoms with van der Waals surface area (Å²) in [6, 6.07) is 3.20. The summed E-state index contributed by atoms with van der Waals surface area (Å²) in [6.07, 6.45) is -1.37. The predicted molar refractivity (Wildman–Crippen MR) is 84.3 cm³/mol. The summed E-state index contributed by atoms with van der Waals surface area (Å²) >= 11 is 2.34. The third kappa shape index (κ3) is 3.93. The number of thiophene rings is 2. The number of aliphatic carboxylic acids is 1. The van der Waals surface area contributed by atoms with Gasteiger partial charge in [0.25, 0.3) is 0 Å². The zero-order valence-corrected chi connectivity index (χ0v) is 17.1. The average Bonchev–Trinajstić information content (AvgIpc) is 3.18. The van der Waals surface area contributed by atoms with Crippen molar-refractivity contribution in [2.45, 2.75) is 25.9 Å². The molecule has 25 heavy (non-hydrogen) atoms. The van der Waals surface area contributed by atoms with Crippen molar-refractivity contribution in [1.29, 1.82) is 0 Å². The molecule has 0 fully saturated rings. The van der Waals surface area contributed by atoms with E-state index in [9.17, 15) is 24.3 Å². The second-order valence-corrected chi connectivity index (χ2v) is 7.22. The first-order valence-corrected chi connectivity index (χ1v) is 8.78. The van der Waals surface area contributed by atoms with Gasteiger partial charge in [0.05, 0.1) is 16.2 Å². The summed E-state index contributed by atoms with van der Waals surface area (Å²) < 4.78 is 5.15. The standard InChI is InChI=1S/C16H12O6S2.Na/c1-7(22-12(19)3-2-11(17)18)10-6-9-14(21)15-8(4-5-23-15)13(20)16(9)24-10;/h4-7H,2-3H2,1H3,(H,17,18);/q;+1/p-1. The van der Waals surface area contributed by atoms with Crippen LogP contribution in [0.25, 0.3) is 0 Å². The molecule has 1 aliphatic carbocycles. The largest absolute Gasteiger partial charge is 1.00 e. The SMILES string of the molecule is CC(OC(=O)CCC(=O)[O-])c1cc2c(s1)C(=O)c1ccsc1C2=O.[Na+]. The number of esters is 1. The number of hydrogen-bond donors (Lipinski definition) is 0. The topological polar surface area (TPSA) is 101 Å². The fourth-order valence-electron chi connectivity index (χ4n) is 2.37. The minimum atomic E-state index is -1.33. The maximum atomic E-state index is 12.4. The van der Waals surface area contributed by atoms with Crippen LogP contribution in [0.1, 0.15) is 61.2 Å². The molecular weight excluding hydrogens is 375 g/mol. The molecule has 2 aromatic heterocycles. The number of carbonyl (C=O) groups is 4. The summed E-state index contributed by atoms with van der Waals surface area (Å²) in [6.45, 7) is 1.61. The molecule has 1 atom stereocenters. The Kier molecular flexibility index (Phi) is 6.34. The molecule has 0 bridgehead atoms. The molecule has 6 nitrogen and oxygen atoms in total. The quantitative estimate of drug-likeness (QED) is 0.400. The van der Waals surface area contributed by atoms with E-state index in [1.165, 1.54) is 11.3 Å². The Morgan fingerprint density at radius 1 is 1.16 bits per heavy atom. The molecule has 3 rings (SSSR count). The van der Waals surface area contributed by atoms with Crippen LogP contribution in [-0.2, 0) is 14.3 Å². The van der Waals surface area contributed by atoms with Crippen LogP contribution in [0.15, 0.2) is 17.5 Å². The van der Waals surface area contributed by atoms with Gasteiger partial charge in [-0.05, 0) is 30.9 Å². The summed E-state index contributed by atoms with van der Waals surface area (Å²) in [5, 5.41) is 12.1. The number of ether oxygens (including phenoxy) is 1. The Bertz CT molecular complexity index is 818.